The minimum absolute atomic E-state index is 0.127. The number of hydrogen-bond acceptors (Lipinski definition) is 4. The minimum Gasteiger partial charge on any atom is -0.478 e. The SMILES string of the molecule is CC(c1ccc(C(=O)O)cc1)[C@@]1(C)C(=O)Nc2ncncc21. The molecule has 1 aliphatic rings. The molecule has 6 heteroatoms. The van der Waals surface area contributed by atoms with Crippen LogP contribution in [-0.4, -0.2) is 27.0 Å². The van der Waals surface area contributed by atoms with Crippen molar-refractivity contribution >= 4 is 17.7 Å². The molecular formula is C16H15N3O3. The third kappa shape index (κ3) is 1.95. The summed E-state index contributed by atoms with van der Waals surface area (Å²) in [5.74, 6) is -0.709. The lowest BCUT2D eigenvalue weighted by molar-refractivity contribution is -0.120. The molecule has 112 valence electrons. The number of benzene rings is 1. The second-order valence-electron chi connectivity index (χ2n) is 5.59. The summed E-state index contributed by atoms with van der Waals surface area (Å²) in [7, 11) is 0. The first-order chi connectivity index (χ1) is 10.4. The zero-order valence-electron chi connectivity index (χ0n) is 12.2. The number of carboxylic acid groups (broad SMARTS) is 1. The van der Waals surface area contributed by atoms with E-state index in [0.29, 0.717) is 5.82 Å². The number of carboxylic acids is 1. The van der Waals surface area contributed by atoms with Crippen LogP contribution < -0.4 is 5.32 Å². The molecule has 1 amide bonds. The molecule has 1 unspecified atom stereocenters. The number of carbonyl (C=O) groups excluding carboxylic acids is 1. The van der Waals surface area contributed by atoms with Crippen LogP contribution in [0.3, 0.4) is 0 Å². The van der Waals surface area contributed by atoms with Gasteiger partial charge in [0.1, 0.15) is 12.1 Å². The second kappa shape index (κ2) is 4.91. The molecule has 22 heavy (non-hydrogen) atoms. The van der Waals surface area contributed by atoms with Crippen molar-refractivity contribution in [3.05, 3.63) is 53.5 Å². The fraction of sp³-hybridized carbons (Fsp3) is 0.250. The van der Waals surface area contributed by atoms with Crippen molar-refractivity contribution in [2.75, 3.05) is 5.32 Å². The average molecular weight is 297 g/mol. The van der Waals surface area contributed by atoms with Gasteiger partial charge in [-0.05, 0) is 30.5 Å². The molecule has 0 bridgehead atoms. The molecule has 0 spiro atoms. The predicted molar refractivity (Wildman–Crippen MR) is 79.8 cm³/mol. The van der Waals surface area contributed by atoms with E-state index >= 15 is 0 Å². The van der Waals surface area contributed by atoms with Crippen molar-refractivity contribution < 1.29 is 14.7 Å². The van der Waals surface area contributed by atoms with Gasteiger partial charge in [-0.3, -0.25) is 4.79 Å². The summed E-state index contributed by atoms with van der Waals surface area (Å²) in [6, 6.07) is 6.59. The Balaban J connectivity index is 2.02. The van der Waals surface area contributed by atoms with Crippen LogP contribution >= 0.6 is 0 Å². The van der Waals surface area contributed by atoms with E-state index in [9.17, 15) is 9.59 Å². The lowest BCUT2D eigenvalue weighted by atomic mass is 9.71. The number of aromatic carboxylic acids is 1. The Morgan fingerprint density at radius 1 is 1.32 bits per heavy atom. The van der Waals surface area contributed by atoms with Crippen LogP contribution in [0.4, 0.5) is 5.82 Å². The van der Waals surface area contributed by atoms with Crippen molar-refractivity contribution in [1.29, 1.82) is 0 Å². The van der Waals surface area contributed by atoms with E-state index in [2.05, 4.69) is 15.3 Å². The molecule has 2 atom stereocenters. The number of carbonyl (C=O) groups is 2. The summed E-state index contributed by atoms with van der Waals surface area (Å²) in [6.07, 6.45) is 3.06. The van der Waals surface area contributed by atoms with Crippen molar-refractivity contribution in [2.24, 2.45) is 0 Å². The van der Waals surface area contributed by atoms with Crippen molar-refractivity contribution in [3.8, 4) is 0 Å². The van der Waals surface area contributed by atoms with E-state index in [4.69, 9.17) is 5.11 Å². The van der Waals surface area contributed by atoms with Crippen LogP contribution in [0.15, 0.2) is 36.8 Å². The molecule has 6 nitrogen and oxygen atoms in total. The maximum Gasteiger partial charge on any atom is 0.335 e. The lowest BCUT2D eigenvalue weighted by Gasteiger charge is -2.29. The number of amides is 1. The monoisotopic (exact) mass is 297 g/mol. The highest BCUT2D eigenvalue weighted by Crippen LogP contribution is 2.45. The van der Waals surface area contributed by atoms with Gasteiger partial charge in [0.25, 0.3) is 0 Å². The minimum atomic E-state index is -0.970. The zero-order valence-corrected chi connectivity index (χ0v) is 12.2. The van der Waals surface area contributed by atoms with Gasteiger partial charge in [-0.15, -0.1) is 0 Å². The fourth-order valence-corrected chi connectivity index (χ4v) is 2.85. The number of rotatable bonds is 3. The molecule has 0 saturated carbocycles. The Labute approximate surface area is 127 Å². The molecule has 1 aromatic heterocycles. The Morgan fingerprint density at radius 3 is 2.64 bits per heavy atom. The van der Waals surface area contributed by atoms with Gasteiger partial charge >= 0.3 is 5.97 Å². The highest BCUT2D eigenvalue weighted by atomic mass is 16.4. The van der Waals surface area contributed by atoms with E-state index < -0.39 is 11.4 Å². The molecule has 2 N–H and O–H groups in total. The molecule has 1 aromatic carbocycles. The van der Waals surface area contributed by atoms with E-state index in [1.807, 2.05) is 13.8 Å². The number of fused-ring (bicyclic) bond motifs is 1. The number of hydrogen-bond donors (Lipinski definition) is 2. The van der Waals surface area contributed by atoms with Gasteiger partial charge in [0, 0.05) is 11.8 Å². The third-order valence-electron chi connectivity index (χ3n) is 4.50. The van der Waals surface area contributed by atoms with Crippen LogP contribution in [-0.2, 0) is 10.2 Å². The van der Waals surface area contributed by atoms with Gasteiger partial charge in [0.2, 0.25) is 5.91 Å². The van der Waals surface area contributed by atoms with Gasteiger partial charge in [0.15, 0.2) is 0 Å². The molecule has 0 aliphatic carbocycles. The van der Waals surface area contributed by atoms with Crippen molar-refractivity contribution in [2.45, 2.75) is 25.2 Å². The fourth-order valence-electron chi connectivity index (χ4n) is 2.85. The molecule has 1 aliphatic heterocycles. The van der Waals surface area contributed by atoms with E-state index in [1.165, 1.54) is 6.33 Å². The normalized spacial score (nSPS) is 21.1. The largest absolute Gasteiger partial charge is 0.478 e. The first-order valence-electron chi connectivity index (χ1n) is 6.89. The Morgan fingerprint density at radius 2 is 2.00 bits per heavy atom. The van der Waals surface area contributed by atoms with Crippen LogP contribution in [0.1, 0.15) is 41.3 Å². The third-order valence-corrected chi connectivity index (χ3v) is 4.50. The lowest BCUT2D eigenvalue weighted by Crippen LogP contribution is -2.36. The Kier molecular flexibility index (Phi) is 3.16. The van der Waals surface area contributed by atoms with Gasteiger partial charge in [-0.1, -0.05) is 19.1 Å². The molecule has 0 fully saturated rings. The van der Waals surface area contributed by atoms with E-state index in [-0.39, 0.29) is 17.4 Å². The summed E-state index contributed by atoms with van der Waals surface area (Å²) in [5, 5.41) is 11.8. The number of nitrogens with zero attached hydrogens (tertiary/aromatic N) is 2. The van der Waals surface area contributed by atoms with Crippen LogP contribution in [0.25, 0.3) is 0 Å². The Hall–Kier alpha value is -2.76. The average Bonchev–Trinajstić information content (AvgIpc) is 2.79. The first kappa shape index (κ1) is 14.2. The van der Waals surface area contributed by atoms with E-state index in [0.717, 1.165) is 11.1 Å². The summed E-state index contributed by atoms with van der Waals surface area (Å²) in [6.45, 7) is 3.80. The van der Waals surface area contributed by atoms with Gasteiger partial charge in [-0.25, -0.2) is 14.8 Å². The van der Waals surface area contributed by atoms with Gasteiger partial charge < -0.3 is 10.4 Å². The number of anilines is 1. The quantitative estimate of drug-likeness (QED) is 0.906. The molecule has 3 rings (SSSR count). The molecule has 0 saturated heterocycles. The summed E-state index contributed by atoms with van der Waals surface area (Å²) in [5.41, 5.74) is 1.08. The Bertz CT molecular complexity index is 757. The number of aromatic nitrogens is 2. The molecule has 2 heterocycles. The highest BCUT2D eigenvalue weighted by Gasteiger charge is 2.48. The molecular weight excluding hydrogens is 282 g/mol. The molecule has 0 radical (unpaired) electrons. The van der Waals surface area contributed by atoms with Crippen LogP contribution in [0.5, 0.6) is 0 Å². The van der Waals surface area contributed by atoms with Crippen molar-refractivity contribution in [1.82, 2.24) is 9.97 Å². The summed E-state index contributed by atoms with van der Waals surface area (Å²) in [4.78, 5) is 31.5. The van der Waals surface area contributed by atoms with Gasteiger partial charge in [0.05, 0.1) is 11.0 Å². The topological polar surface area (TPSA) is 92.2 Å². The standard InChI is InChI=1S/C16H15N3O3/c1-9(10-3-5-11(6-4-10)14(20)21)16(2)12-7-17-8-18-13(12)19-15(16)22/h3-9H,1-2H3,(H,20,21)(H,17,18,19,22)/t9?,16-/m1/s1. The van der Waals surface area contributed by atoms with Crippen LogP contribution in [0.2, 0.25) is 0 Å². The summed E-state index contributed by atoms with van der Waals surface area (Å²) < 4.78 is 0. The van der Waals surface area contributed by atoms with E-state index in [1.54, 1.807) is 30.5 Å². The maximum atomic E-state index is 12.5. The molecule has 2 aromatic rings. The van der Waals surface area contributed by atoms with Crippen LogP contribution in [0, 0.1) is 0 Å². The highest BCUT2D eigenvalue weighted by molar-refractivity contribution is 6.05. The zero-order chi connectivity index (χ0) is 15.9. The van der Waals surface area contributed by atoms with Gasteiger partial charge in [-0.2, -0.15) is 0 Å². The summed E-state index contributed by atoms with van der Waals surface area (Å²) >= 11 is 0. The van der Waals surface area contributed by atoms with Crippen molar-refractivity contribution in [3.63, 3.8) is 0 Å². The predicted octanol–water partition coefficient (Wildman–Crippen LogP) is 2.19. The first-order valence-corrected chi connectivity index (χ1v) is 6.89. The smallest absolute Gasteiger partial charge is 0.335 e. The second-order valence-corrected chi connectivity index (χ2v) is 5.59. The number of nitrogens with one attached hydrogen (secondary N) is 1. The maximum absolute atomic E-state index is 12.5.